The molecule has 2 heterocycles. The van der Waals surface area contributed by atoms with Crippen molar-refractivity contribution in [2.24, 2.45) is 26.8 Å². The monoisotopic (exact) mass is 941 g/mol. The van der Waals surface area contributed by atoms with Crippen LogP contribution in [0.3, 0.4) is 0 Å². The molecule has 1 amide bonds. The lowest BCUT2D eigenvalue weighted by molar-refractivity contribution is -0.129. The van der Waals surface area contributed by atoms with E-state index in [4.69, 9.17) is 0 Å². The minimum absolute atomic E-state index is 0.0505. The van der Waals surface area contributed by atoms with Crippen molar-refractivity contribution < 1.29 is 14.7 Å². The van der Waals surface area contributed by atoms with E-state index in [1.165, 1.54) is 55.8 Å². The summed E-state index contributed by atoms with van der Waals surface area (Å²) in [4.78, 5) is 30.2. The van der Waals surface area contributed by atoms with E-state index in [-0.39, 0.29) is 43.8 Å². The molecule has 1 N–H and O–H groups in total. The van der Waals surface area contributed by atoms with E-state index in [0.717, 1.165) is 37.4 Å². The van der Waals surface area contributed by atoms with Crippen LogP contribution in [0, 0.1) is 21.7 Å². The van der Waals surface area contributed by atoms with Gasteiger partial charge in [0.25, 0.3) is 5.91 Å². The predicted molar refractivity (Wildman–Crippen MR) is 292 cm³/mol. The first-order valence-electron chi connectivity index (χ1n) is 24.4. The molecule has 0 radical (unpaired) electrons. The molecule has 7 aromatic rings. The number of carboxylic acids is 1. The number of hydrogen-bond donors (Lipinski definition) is 1. The topological polar surface area (TPSA) is 73.2 Å². The number of fused-ring (bicyclic) bond motifs is 6. The van der Waals surface area contributed by atoms with Crippen molar-refractivity contribution in [3.63, 3.8) is 0 Å². The normalized spacial score (nSPS) is 16.5. The Morgan fingerprint density at radius 3 is 1.46 bits per heavy atom. The molecule has 0 spiro atoms. The zero-order valence-electron chi connectivity index (χ0n) is 42.5. The van der Waals surface area contributed by atoms with Gasteiger partial charge in [-0.3, -0.25) is 4.79 Å². The Balaban J connectivity index is 1.12. The number of hydrazone groups is 1. The van der Waals surface area contributed by atoms with Crippen molar-refractivity contribution in [3.05, 3.63) is 184 Å². The van der Waals surface area contributed by atoms with Gasteiger partial charge in [0, 0.05) is 37.6 Å². The summed E-state index contributed by atoms with van der Waals surface area (Å²) in [5.74, 6) is -1.72. The van der Waals surface area contributed by atoms with Gasteiger partial charge >= 0.3 is 5.97 Å². The third-order valence-corrected chi connectivity index (χ3v) is 16.6. The highest BCUT2D eigenvalue weighted by atomic mass is 32.1. The number of nitrogens with zero attached hydrogens (tertiary/aromatic N) is 3. The van der Waals surface area contributed by atoms with Crippen molar-refractivity contribution in [1.82, 2.24) is 0 Å². The molecule has 0 atom stereocenters. The second kappa shape index (κ2) is 16.1. The summed E-state index contributed by atoms with van der Waals surface area (Å²) in [5, 5.41) is 15.5. The van der Waals surface area contributed by atoms with Crippen LogP contribution < -0.4 is 9.91 Å². The number of hydrogen-bond acceptors (Lipinski definition) is 5. The van der Waals surface area contributed by atoms with Crippen LogP contribution in [0.15, 0.2) is 162 Å². The fourth-order valence-corrected chi connectivity index (χ4v) is 14.6. The Kier molecular flexibility index (Phi) is 10.8. The fraction of sp³-hybridized carbons (Fsp3) is 0.286. The van der Waals surface area contributed by atoms with Gasteiger partial charge < -0.3 is 10.0 Å². The highest BCUT2D eigenvalue weighted by Gasteiger charge is 2.59. The van der Waals surface area contributed by atoms with E-state index in [1.54, 1.807) is 30.3 Å². The quantitative estimate of drug-likeness (QED) is 0.162. The SMILES string of the molecule is CC(C)(C)C1(C(C)(C)C)c2ccccc2-c2ccc(N(c3ccc(-c4ccc(/C=C5\C(=O)N(c6ccccc6)N=C5C(=O)O)s4)cc3)c3ccc4c(c3)C(C(C)(C)C)(C(C)(C)C)c3ccccc3-4)cc21. The largest absolute Gasteiger partial charge is 0.476 e. The molecule has 0 saturated heterocycles. The fourth-order valence-electron chi connectivity index (χ4n) is 13.7. The third kappa shape index (κ3) is 6.82. The number of carboxylic acid groups (broad SMARTS) is 1. The first-order chi connectivity index (χ1) is 33.0. The van der Waals surface area contributed by atoms with Gasteiger partial charge in [0.2, 0.25) is 0 Å². The Hall–Kier alpha value is -6.83. The number of thiophene rings is 1. The molecule has 2 aliphatic carbocycles. The summed E-state index contributed by atoms with van der Waals surface area (Å²) in [6.07, 6.45) is 1.64. The van der Waals surface area contributed by atoms with E-state index in [2.05, 4.69) is 202 Å². The molecule has 6 nitrogen and oxygen atoms in total. The number of anilines is 4. The number of carbonyl (C=O) groups is 2. The van der Waals surface area contributed by atoms with E-state index >= 15 is 0 Å². The van der Waals surface area contributed by atoms with Crippen molar-refractivity contribution >= 4 is 57.8 Å². The van der Waals surface area contributed by atoms with Gasteiger partial charge in [-0.05, 0) is 138 Å². The summed E-state index contributed by atoms with van der Waals surface area (Å²) in [6.45, 7) is 28.8. The number of para-hydroxylation sites is 1. The smallest absolute Gasteiger partial charge is 0.357 e. The summed E-state index contributed by atoms with van der Waals surface area (Å²) >= 11 is 1.51. The second-order valence-electron chi connectivity index (χ2n) is 23.4. The number of carbonyl (C=O) groups excluding carboxylic acids is 1. The Labute approximate surface area is 418 Å². The minimum Gasteiger partial charge on any atom is -0.476 e. The molecule has 0 fully saturated rings. The molecular formula is C63H63N3O3S. The zero-order chi connectivity index (χ0) is 49.9. The van der Waals surface area contributed by atoms with Gasteiger partial charge in [-0.2, -0.15) is 10.1 Å². The standard InChI is InChI=1S/C63H63N3O3S/c1-58(2,3)62(59(4,5)6)50-24-18-16-22-45(50)47-33-30-42(36-52(47)62)65(43-31-34-48-46-23-17-19-25-51(46)63(53(48)37-43,60(7,8)9)61(10,11)12)40-28-26-39(27-29-40)54-35-32-44(70-54)38-49-55(57(68)69)64-66(56(49)67)41-20-14-13-15-21-41/h13-38H,1-12H3,(H,68,69)/b49-38-. The summed E-state index contributed by atoms with van der Waals surface area (Å²) < 4.78 is 0. The van der Waals surface area contributed by atoms with Gasteiger partial charge in [-0.25, -0.2) is 4.79 Å². The summed E-state index contributed by atoms with van der Waals surface area (Å²) in [6, 6.07) is 54.0. The lowest BCUT2D eigenvalue weighted by atomic mass is 9.50. The summed E-state index contributed by atoms with van der Waals surface area (Å²) in [7, 11) is 0. The van der Waals surface area contributed by atoms with Crippen LogP contribution in [-0.2, 0) is 20.4 Å². The molecule has 3 aliphatic rings. The van der Waals surface area contributed by atoms with Crippen LogP contribution >= 0.6 is 11.3 Å². The van der Waals surface area contributed by atoms with Gasteiger partial charge in [-0.1, -0.05) is 174 Å². The number of aliphatic carboxylic acids is 1. The highest BCUT2D eigenvalue weighted by Crippen LogP contribution is 2.67. The molecule has 1 aromatic heterocycles. The van der Waals surface area contributed by atoms with Gasteiger partial charge in [-0.15, -0.1) is 11.3 Å². The maximum absolute atomic E-state index is 13.6. The lowest BCUT2D eigenvalue weighted by Crippen LogP contribution is -2.50. The second-order valence-corrected chi connectivity index (χ2v) is 24.5. The molecule has 10 rings (SSSR count). The highest BCUT2D eigenvalue weighted by molar-refractivity contribution is 7.16. The van der Waals surface area contributed by atoms with Crippen molar-refractivity contribution in [2.75, 3.05) is 9.91 Å². The molecule has 0 saturated carbocycles. The minimum atomic E-state index is -1.25. The van der Waals surface area contributed by atoms with E-state index in [0.29, 0.717) is 5.69 Å². The molecule has 0 bridgehead atoms. The van der Waals surface area contributed by atoms with E-state index < -0.39 is 11.9 Å². The predicted octanol–water partition coefficient (Wildman–Crippen LogP) is 16.5. The van der Waals surface area contributed by atoms with Crippen molar-refractivity contribution in [2.45, 2.75) is 93.9 Å². The number of rotatable bonds is 7. The van der Waals surface area contributed by atoms with Crippen LogP contribution in [0.4, 0.5) is 22.7 Å². The average molecular weight is 942 g/mol. The third-order valence-electron chi connectivity index (χ3n) is 15.5. The first-order valence-corrected chi connectivity index (χ1v) is 25.2. The summed E-state index contributed by atoms with van der Waals surface area (Å²) in [5.41, 5.74) is 14.1. The molecule has 6 aromatic carbocycles. The Morgan fingerprint density at radius 2 is 0.986 bits per heavy atom. The molecule has 354 valence electrons. The van der Waals surface area contributed by atoms with E-state index in [9.17, 15) is 14.7 Å². The number of benzene rings is 6. The van der Waals surface area contributed by atoms with E-state index in [1.807, 2.05) is 18.2 Å². The zero-order valence-corrected chi connectivity index (χ0v) is 43.3. The molecular weight excluding hydrogens is 879 g/mol. The maximum atomic E-state index is 13.6. The van der Waals surface area contributed by atoms with Crippen LogP contribution in [0.5, 0.6) is 0 Å². The Bertz CT molecular complexity index is 3150. The molecule has 1 aliphatic heterocycles. The molecule has 7 heteroatoms. The maximum Gasteiger partial charge on any atom is 0.357 e. The van der Waals surface area contributed by atoms with Gasteiger partial charge in [0.05, 0.1) is 11.3 Å². The van der Waals surface area contributed by atoms with Crippen LogP contribution in [0.25, 0.3) is 38.8 Å². The average Bonchev–Trinajstić information content (AvgIpc) is 4.06. The lowest BCUT2D eigenvalue weighted by Gasteiger charge is -2.53. The molecule has 70 heavy (non-hydrogen) atoms. The first kappa shape index (κ1) is 46.9. The Morgan fingerprint density at radius 1 is 0.543 bits per heavy atom. The van der Waals surface area contributed by atoms with Gasteiger partial charge in [0.15, 0.2) is 5.71 Å². The molecule has 0 unspecified atom stereocenters. The van der Waals surface area contributed by atoms with Crippen molar-refractivity contribution in [1.29, 1.82) is 0 Å². The van der Waals surface area contributed by atoms with Crippen molar-refractivity contribution in [3.8, 4) is 32.7 Å². The van der Waals surface area contributed by atoms with Crippen LogP contribution in [0.2, 0.25) is 0 Å². The van der Waals surface area contributed by atoms with Gasteiger partial charge in [0.1, 0.15) is 0 Å². The van der Waals surface area contributed by atoms with Crippen LogP contribution in [-0.4, -0.2) is 22.7 Å². The number of amides is 1. The van der Waals surface area contributed by atoms with Crippen LogP contribution in [0.1, 0.15) is 110 Å².